The summed E-state index contributed by atoms with van der Waals surface area (Å²) in [6.45, 7) is -0.223. The summed E-state index contributed by atoms with van der Waals surface area (Å²) in [5.74, 6) is -2.67. The highest BCUT2D eigenvalue weighted by molar-refractivity contribution is 5.76. The molecular weight excluding hydrogens is 263 g/mol. The van der Waals surface area contributed by atoms with Crippen molar-refractivity contribution in [3.63, 3.8) is 0 Å². The van der Waals surface area contributed by atoms with Gasteiger partial charge < -0.3 is 14.9 Å². The van der Waals surface area contributed by atoms with Crippen LogP contribution in [0.15, 0.2) is 48.5 Å². The van der Waals surface area contributed by atoms with Crippen LogP contribution in [-0.2, 0) is 4.79 Å². The molecule has 104 valence electrons. The summed E-state index contributed by atoms with van der Waals surface area (Å²) < 4.78 is 18.6. The quantitative estimate of drug-likeness (QED) is 0.881. The topological polar surface area (TPSA) is 66.8 Å². The predicted molar refractivity (Wildman–Crippen MR) is 70.4 cm³/mol. The molecule has 1 atom stereocenters. The molecule has 0 heterocycles. The SMILES string of the molecule is O=C(O)C(COc1ccccc1F)c1cccc(O)c1. The molecule has 0 bridgehead atoms. The summed E-state index contributed by atoms with van der Waals surface area (Å²) in [4.78, 5) is 11.3. The van der Waals surface area contributed by atoms with Gasteiger partial charge in [0.25, 0.3) is 0 Å². The lowest BCUT2D eigenvalue weighted by Crippen LogP contribution is -2.19. The van der Waals surface area contributed by atoms with Crippen LogP contribution in [0.2, 0.25) is 0 Å². The van der Waals surface area contributed by atoms with E-state index in [4.69, 9.17) is 4.74 Å². The fourth-order valence-corrected chi connectivity index (χ4v) is 1.79. The standard InChI is InChI=1S/C15H13FO4/c16-13-6-1-2-7-14(13)20-9-12(15(18)19)10-4-3-5-11(17)8-10/h1-8,12,17H,9H2,(H,18,19). The molecule has 0 spiro atoms. The average Bonchev–Trinajstić information content (AvgIpc) is 2.41. The molecule has 0 amide bonds. The molecule has 0 aromatic heterocycles. The smallest absolute Gasteiger partial charge is 0.314 e. The number of hydrogen-bond donors (Lipinski definition) is 2. The summed E-state index contributed by atoms with van der Waals surface area (Å²) in [6.07, 6.45) is 0. The van der Waals surface area contributed by atoms with E-state index in [0.717, 1.165) is 0 Å². The molecule has 0 fully saturated rings. The number of aromatic hydroxyl groups is 1. The van der Waals surface area contributed by atoms with E-state index >= 15 is 0 Å². The first-order valence-electron chi connectivity index (χ1n) is 5.97. The minimum Gasteiger partial charge on any atom is -0.508 e. The average molecular weight is 276 g/mol. The summed E-state index contributed by atoms with van der Waals surface area (Å²) >= 11 is 0. The summed E-state index contributed by atoms with van der Waals surface area (Å²) in [5.41, 5.74) is 0.397. The highest BCUT2D eigenvalue weighted by atomic mass is 19.1. The van der Waals surface area contributed by atoms with Crippen LogP contribution >= 0.6 is 0 Å². The first-order valence-corrected chi connectivity index (χ1v) is 5.97. The van der Waals surface area contributed by atoms with Crippen LogP contribution in [0.25, 0.3) is 0 Å². The maximum atomic E-state index is 13.4. The number of benzene rings is 2. The Labute approximate surface area is 115 Å². The number of para-hydroxylation sites is 1. The minimum atomic E-state index is -1.10. The number of phenols is 1. The van der Waals surface area contributed by atoms with E-state index in [-0.39, 0.29) is 18.1 Å². The lowest BCUT2D eigenvalue weighted by molar-refractivity contribution is -0.139. The molecule has 0 aliphatic carbocycles. The monoisotopic (exact) mass is 276 g/mol. The van der Waals surface area contributed by atoms with Gasteiger partial charge in [-0.05, 0) is 29.8 Å². The van der Waals surface area contributed by atoms with E-state index in [0.29, 0.717) is 5.56 Å². The van der Waals surface area contributed by atoms with Gasteiger partial charge in [0.05, 0.1) is 0 Å². The highest BCUT2D eigenvalue weighted by Crippen LogP contribution is 2.23. The van der Waals surface area contributed by atoms with Crippen molar-refractivity contribution in [3.8, 4) is 11.5 Å². The molecule has 2 rings (SSSR count). The Bertz CT molecular complexity index is 612. The van der Waals surface area contributed by atoms with Gasteiger partial charge in [-0.15, -0.1) is 0 Å². The van der Waals surface area contributed by atoms with Crippen molar-refractivity contribution in [1.82, 2.24) is 0 Å². The number of aliphatic carboxylic acids is 1. The van der Waals surface area contributed by atoms with E-state index in [2.05, 4.69) is 0 Å². The van der Waals surface area contributed by atoms with Crippen molar-refractivity contribution in [3.05, 3.63) is 59.9 Å². The Kier molecular flexibility index (Phi) is 4.20. The molecule has 5 heteroatoms. The van der Waals surface area contributed by atoms with Crippen LogP contribution in [0.1, 0.15) is 11.5 Å². The second-order valence-corrected chi connectivity index (χ2v) is 4.23. The maximum Gasteiger partial charge on any atom is 0.314 e. The number of halogens is 1. The third kappa shape index (κ3) is 3.26. The predicted octanol–water partition coefficient (Wildman–Crippen LogP) is 2.78. The molecule has 0 aliphatic rings. The van der Waals surface area contributed by atoms with Crippen molar-refractivity contribution in [2.75, 3.05) is 6.61 Å². The van der Waals surface area contributed by atoms with Crippen LogP contribution in [0.4, 0.5) is 4.39 Å². The van der Waals surface area contributed by atoms with Crippen LogP contribution in [0.3, 0.4) is 0 Å². The molecule has 1 unspecified atom stereocenters. The van der Waals surface area contributed by atoms with Crippen molar-refractivity contribution >= 4 is 5.97 Å². The van der Waals surface area contributed by atoms with Crippen molar-refractivity contribution in [1.29, 1.82) is 0 Å². The zero-order valence-corrected chi connectivity index (χ0v) is 10.5. The Morgan fingerprint density at radius 2 is 1.95 bits per heavy atom. The van der Waals surface area contributed by atoms with Crippen LogP contribution in [0, 0.1) is 5.82 Å². The van der Waals surface area contributed by atoms with E-state index in [1.807, 2.05) is 0 Å². The third-order valence-electron chi connectivity index (χ3n) is 2.81. The number of phenolic OH excluding ortho intramolecular Hbond substituents is 1. The molecule has 2 N–H and O–H groups in total. The number of ether oxygens (including phenoxy) is 1. The third-order valence-corrected chi connectivity index (χ3v) is 2.81. The van der Waals surface area contributed by atoms with Crippen LogP contribution < -0.4 is 4.74 Å². The minimum absolute atomic E-state index is 0.00102. The van der Waals surface area contributed by atoms with Gasteiger partial charge >= 0.3 is 5.97 Å². The Morgan fingerprint density at radius 3 is 2.60 bits per heavy atom. The zero-order chi connectivity index (χ0) is 14.5. The molecule has 2 aromatic carbocycles. The summed E-state index contributed by atoms with van der Waals surface area (Å²) in [6, 6.07) is 11.7. The van der Waals surface area contributed by atoms with Gasteiger partial charge in [-0.1, -0.05) is 24.3 Å². The van der Waals surface area contributed by atoms with Crippen molar-refractivity contribution in [2.24, 2.45) is 0 Å². The van der Waals surface area contributed by atoms with E-state index in [1.54, 1.807) is 18.2 Å². The van der Waals surface area contributed by atoms with Crippen molar-refractivity contribution < 1.29 is 24.1 Å². The normalized spacial score (nSPS) is 11.8. The summed E-state index contributed by atoms with van der Waals surface area (Å²) in [7, 11) is 0. The Balaban J connectivity index is 2.15. The number of rotatable bonds is 5. The highest BCUT2D eigenvalue weighted by Gasteiger charge is 2.21. The fraction of sp³-hybridized carbons (Fsp3) is 0.133. The lowest BCUT2D eigenvalue weighted by Gasteiger charge is -2.14. The zero-order valence-electron chi connectivity index (χ0n) is 10.5. The van der Waals surface area contributed by atoms with Gasteiger partial charge in [-0.25, -0.2) is 4.39 Å². The number of carbonyl (C=O) groups is 1. The number of carboxylic acid groups (broad SMARTS) is 1. The fourth-order valence-electron chi connectivity index (χ4n) is 1.79. The molecule has 2 aromatic rings. The second-order valence-electron chi connectivity index (χ2n) is 4.23. The molecule has 0 saturated heterocycles. The largest absolute Gasteiger partial charge is 0.508 e. The maximum absolute atomic E-state index is 13.4. The van der Waals surface area contributed by atoms with Gasteiger partial charge in [0.1, 0.15) is 18.3 Å². The van der Waals surface area contributed by atoms with Gasteiger partial charge in [0.15, 0.2) is 11.6 Å². The first-order chi connectivity index (χ1) is 9.58. The van der Waals surface area contributed by atoms with Crippen LogP contribution in [0.5, 0.6) is 11.5 Å². The molecule has 20 heavy (non-hydrogen) atoms. The Hall–Kier alpha value is -2.56. The molecule has 0 saturated carbocycles. The van der Waals surface area contributed by atoms with E-state index < -0.39 is 17.7 Å². The summed E-state index contributed by atoms with van der Waals surface area (Å²) in [5, 5.41) is 18.6. The molecule has 0 aliphatic heterocycles. The van der Waals surface area contributed by atoms with E-state index in [1.165, 1.54) is 30.3 Å². The number of hydrogen-bond acceptors (Lipinski definition) is 3. The van der Waals surface area contributed by atoms with Crippen molar-refractivity contribution in [2.45, 2.75) is 5.92 Å². The van der Waals surface area contributed by atoms with Gasteiger partial charge in [0, 0.05) is 0 Å². The van der Waals surface area contributed by atoms with Gasteiger partial charge in [0.2, 0.25) is 0 Å². The van der Waals surface area contributed by atoms with Crippen LogP contribution in [-0.4, -0.2) is 22.8 Å². The van der Waals surface area contributed by atoms with Gasteiger partial charge in [-0.3, -0.25) is 4.79 Å². The molecule has 4 nitrogen and oxygen atoms in total. The first kappa shape index (κ1) is 13.9. The Morgan fingerprint density at radius 1 is 1.20 bits per heavy atom. The second kappa shape index (κ2) is 6.06. The molecular formula is C15H13FO4. The molecule has 0 radical (unpaired) electrons. The number of carboxylic acids is 1. The van der Waals surface area contributed by atoms with E-state index in [9.17, 15) is 19.4 Å². The van der Waals surface area contributed by atoms with Gasteiger partial charge in [-0.2, -0.15) is 0 Å². The lowest BCUT2D eigenvalue weighted by atomic mass is 10.00.